The maximum Gasteiger partial charge on any atom is 0.308 e. The molecule has 0 aromatic rings. The molecular formula is C14H20O4. The zero-order valence-corrected chi connectivity index (χ0v) is 10.9. The molecule has 0 spiro atoms. The highest BCUT2D eigenvalue weighted by molar-refractivity contribution is 5.78. The summed E-state index contributed by atoms with van der Waals surface area (Å²) >= 11 is 0. The first-order valence-electron chi connectivity index (χ1n) is 6.83. The van der Waals surface area contributed by atoms with Gasteiger partial charge in [0, 0.05) is 0 Å². The van der Waals surface area contributed by atoms with Gasteiger partial charge in [-0.15, -0.1) is 0 Å². The van der Waals surface area contributed by atoms with E-state index < -0.39 is 0 Å². The molecule has 100 valence electrons. The van der Waals surface area contributed by atoms with E-state index in [0.29, 0.717) is 30.1 Å². The van der Waals surface area contributed by atoms with Crippen molar-refractivity contribution in [2.45, 2.75) is 25.7 Å². The van der Waals surface area contributed by atoms with Gasteiger partial charge in [0.1, 0.15) is 0 Å². The van der Waals surface area contributed by atoms with Crippen molar-refractivity contribution in [3.8, 4) is 0 Å². The van der Waals surface area contributed by atoms with Crippen LogP contribution >= 0.6 is 0 Å². The molecule has 0 radical (unpaired) electrons. The fourth-order valence-electron chi connectivity index (χ4n) is 4.97. The molecule has 0 aromatic carbocycles. The molecule has 0 heterocycles. The molecule has 4 nitrogen and oxygen atoms in total. The van der Waals surface area contributed by atoms with Crippen molar-refractivity contribution >= 4 is 11.9 Å². The van der Waals surface area contributed by atoms with Crippen LogP contribution in [0.5, 0.6) is 0 Å². The number of ether oxygens (including phenoxy) is 2. The minimum Gasteiger partial charge on any atom is -0.469 e. The number of esters is 2. The second-order valence-corrected chi connectivity index (χ2v) is 5.98. The molecule has 0 amide bonds. The van der Waals surface area contributed by atoms with Gasteiger partial charge in [-0.1, -0.05) is 0 Å². The molecule has 6 atom stereocenters. The molecule has 0 N–H and O–H groups in total. The van der Waals surface area contributed by atoms with Gasteiger partial charge < -0.3 is 9.47 Å². The topological polar surface area (TPSA) is 52.6 Å². The van der Waals surface area contributed by atoms with Crippen LogP contribution in [0.3, 0.4) is 0 Å². The lowest BCUT2D eigenvalue weighted by atomic mass is 9.76. The number of hydrogen-bond donors (Lipinski definition) is 0. The van der Waals surface area contributed by atoms with Crippen LogP contribution < -0.4 is 0 Å². The molecule has 4 unspecified atom stereocenters. The molecule has 2 bridgehead atoms. The van der Waals surface area contributed by atoms with Gasteiger partial charge in [0.25, 0.3) is 0 Å². The minimum absolute atomic E-state index is 0.0839. The summed E-state index contributed by atoms with van der Waals surface area (Å²) in [5.41, 5.74) is 0. The molecule has 3 aliphatic carbocycles. The monoisotopic (exact) mass is 252 g/mol. The second kappa shape index (κ2) is 4.25. The van der Waals surface area contributed by atoms with Crippen molar-refractivity contribution in [1.29, 1.82) is 0 Å². The largest absolute Gasteiger partial charge is 0.469 e. The van der Waals surface area contributed by atoms with Crippen LogP contribution in [0, 0.1) is 35.5 Å². The maximum absolute atomic E-state index is 11.9. The summed E-state index contributed by atoms with van der Waals surface area (Å²) in [5.74, 6) is 1.53. The van der Waals surface area contributed by atoms with E-state index in [9.17, 15) is 9.59 Å². The van der Waals surface area contributed by atoms with Crippen LogP contribution in [0.15, 0.2) is 0 Å². The smallest absolute Gasteiger partial charge is 0.308 e. The van der Waals surface area contributed by atoms with Crippen LogP contribution in [0.2, 0.25) is 0 Å². The normalized spacial score (nSPS) is 44.8. The number of carbonyl (C=O) groups is 2. The van der Waals surface area contributed by atoms with Crippen molar-refractivity contribution in [2.75, 3.05) is 14.2 Å². The zero-order valence-electron chi connectivity index (χ0n) is 10.9. The van der Waals surface area contributed by atoms with Gasteiger partial charge in [-0.3, -0.25) is 9.59 Å². The van der Waals surface area contributed by atoms with Crippen LogP contribution in [-0.4, -0.2) is 26.2 Å². The lowest BCUT2D eigenvalue weighted by molar-refractivity contribution is -0.148. The van der Waals surface area contributed by atoms with E-state index in [2.05, 4.69) is 0 Å². The molecule has 3 fully saturated rings. The van der Waals surface area contributed by atoms with E-state index >= 15 is 0 Å². The van der Waals surface area contributed by atoms with Gasteiger partial charge in [0.15, 0.2) is 0 Å². The highest BCUT2D eigenvalue weighted by Crippen LogP contribution is 2.63. The Hall–Kier alpha value is -1.06. The molecule has 0 aliphatic heterocycles. The van der Waals surface area contributed by atoms with E-state index in [1.165, 1.54) is 33.5 Å². The zero-order chi connectivity index (χ0) is 12.9. The summed E-state index contributed by atoms with van der Waals surface area (Å²) in [6, 6.07) is 0. The molecule has 3 rings (SSSR count). The third kappa shape index (κ3) is 1.50. The first-order chi connectivity index (χ1) is 8.67. The van der Waals surface area contributed by atoms with Gasteiger partial charge in [-0.05, 0) is 49.4 Å². The summed E-state index contributed by atoms with van der Waals surface area (Å²) in [6.45, 7) is 0. The number of rotatable bonds is 2. The minimum atomic E-state index is -0.135. The van der Waals surface area contributed by atoms with Gasteiger partial charge in [-0.25, -0.2) is 0 Å². The van der Waals surface area contributed by atoms with Crippen LogP contribution in [-0.2, 0) is 19.1 Å². The van der Waals surface area contributed by atoms with Crippen LogP contribution in [0.25, 0.3) is 0 Å². The number of carbonyl (C=O) groups excluding carboxylic acids is 2. The number of methoxy groups -OCH3 is 2. The summed E-state index contributed by atoms with van der Waals surface area (Å²) in [6.07, 6.45) is 4.25. The number of fused-ring (bicyclic) bond motifs is 5. The van der Waals surface area contributed by atoms with Crippen LogP contribution in [0.1, 0.15) is 25.7 Å². The van der Waals surface area contributed by atoms with Crippen LogP contribution in [0.4, 0.5) is 0 Å². The average Bonchev–Trinajstić information content (AvgIpc) is 3.07. The molecule has 0 saturated heterocycles. The Balaban J connectivity index is 1.88. The SMILES string of the molecule is COC(=O)C1CC(C(=O)OC)[C@H]2C1C1CC[C@H]2C1. The Morgan fingerprint density at radius 2 is 1.28 bits per heavy atom. The fourth-order valence-corrected chi connectivity index (χ4v) is 4.97. The second-order valence-electron chi connectivity index (χ2n) is 5.98. The summed E-state index contributed by atoms with van der Waals surface area (Å²) < 4.78 is 9.84. The van der Waals surface area contributed by atoms with E-state index in [0.717, 1.165) is 0 Å². The van der Waals surface area contributed by atoms with Crippen molar-refractivity contribution in [3.63, 3.8) is 0 Å². The van der Waals surface area contributed by atoms with E-state index in [4.69, 9.17) is 9.47 Å². The summed E-state index contributed by atoms with van der Waals surface area (Å²) in [4.78, 5) is 23.8. The molecule has 0 aromatic heterocycles. The first-order valence-corrected chi connectivity index (χ1v) is 6.83. The van der Waals surface area contributed by atoms with E-state index in [1.807, 2.05) is 0 Å². The third-order valence-electron chi connectivity index (χ3n) is 5.49. The first kappa shape index (κ1) is 12.0. The molecular weight excluding hydrogens is 232 g/mol. The predicted octanol–water partition coefficient (Wildman–Crippen LogP) is 1.63. The summed E-state index contributed by atoms with van der Waals surface area (Å²) in [7, 11) is 2.88. The maximum atomic E-state index is 11.9. The van der Waals surface area contributed by atoms with Crippen molar-refractivity contribution in [2.24, 2.45) is 35.5 Å². The van der Waals surface area contributed by atoms with E-state index in [1.54, 1.807) is 0 Å². The Morgan fingerprint density at radius 3 is 1.67 bits per heavy atom. The lowest BCUT2D eigenvalue weighted by Crippen LogP contribution is -2.30. The lowest BCUT2D eigenvalue weighted by Gasteiger charge is -2.29. The van der Waals surface area contributed by atoms with Gasteiger partial charge in [0.2, 0.25) is 0 Å². The highest BCUT2D eigenvalue weighted by Gasteiger charge is 2.61. The third-order valence-corrected chi connectivity index (χ3v) is 5.49. The number of hydrogen-bond acceptors (Lipinski definition) is 4. The Labute approximate surface area is 107 Å². The fraction of sp³-hybridized carbons (Fsp3) is 0.857. The predicted molar refractivity (Wildman–Crippen MR) is 63.4 cm³/mol. The Morgan fingerprint density at radius 1 is 0.833 bits per heavy atom. The van der Waals surface area contributed by atoms with Gasteiger partial charge >= 0.3 is 11.9 Å². The van der Waals surface area contributed by atoms with Crippen molar-refractivity contribution in [1.82, 2.24) is 0 Å². The summed E-state index contributed by atoms with van der Waals surface area (Å²) in [5, 5.41) is 0. The molecule has 18 heavy (non-hydrogen) atoms. The standard InChI is InChI=1S/C14H20O4/c1-17-13(15)9-6-10(14(16)18-2)12-8-4-3-7(5-8)11(9)12/h7-12H,3-6H2,1-2H3/t7-,8?,9?,10?,11-,12?/m0/s1. The van der Waals surface area contributed by atoms with Gasteiger partial charge in [-0.2, -0.15) is 0 Å². The quantitative estimate of drug-likeness (QED) is 0.701. The highest BCUT2D eigenvalue weighted by atomic mass is 16.5. The van der Waals surface area contributed by atoms with Crippen molar-refractivity contribution < 1.29 is 19.1 Å². The Kier molecular flexibility index (Phi) is 2.83. The van der Waals surface area contributed by atoms with Crippen molar-refractivity contribution in [3.05, 3.63) is 0 Å². The molecule has 3 aliphatic rings. The van der Waals surface area contributed by atoms with Gasteiger partial charge in [0.05, 0.1) is 26.1 Å². The Bertz CT molecular complexity index is 344. The van der Waals surface area contributed by atoms with E-state index in [-0.39, 0.29) is 23.8 Å². The molecule has 4 heteroatoms. The average molecular weight is 252 g/mol. The molecule has 3 saturated carbocycles.